The first-order valence-electron chi connectivity index (χ1n) is 4.84. The van der Waals surface area contributed by atoms with Gasteiger partial charge in [0.15, 0.2) is 0 Å². The Bertz CT molecular complexity index is 480. The quantitative estimate of drug-likeness (QED) is 0.373. The lowest BCUT2D eigenvalue weighted by molar-refractivity contribution is -0.132. The number of rotatable bonds is 4. The summed E-state index contributed by atoms with van der Waals surface area (Å²) >= 11 is 0. The maximum absolute atomic E-state index is 13.3. The molecule has 0 aliphatic heterocycles. The van der Waals surface area contributed by atoms with Gasteiger partial charge in [-0.15, -0.1) is 0 Å². The molecular weight excluding hydrogens is 225 g/mol. The Morgan fingerprint density at radius 1 is 1.29 bits per heavy atom. The Labute approximate surface area is 98.0 Å². The van der Waals surface area contributed by atoms with E-state index >= 15 is 0 Å². The number of aliphatic carboxylic acids is 1. The molecule has 0 saturated carbocycles. The largest absolute Gasteiger partial charge is 0.477 e. The van der Waals surface area contributed by atoms with Gasteiger partial charge in [-0.1, -0.05) is 12.1 Å². The Morgan fingerprint density at radius 2 is 1.88 bits per heavy atom. The normalized spacial score (nSPS) is 11.1. The number of hydrogen-bond donors (Lipinski definition) is 1. The van der Waals surface area contributed by atoms with Crippen molar-refractivity contribution < 1.29 is 19.1 Å². The molecule has 0 radical (unpaired) electrons. The molecule has 0 unspecified atom stereocenters. The zero-order valence-corrected chi connectivity index (χ0v) is 9.48. The van der Waals surface area contributed by atoms with Crippen LogP contribution in [-0.4, -0.2) is 35.9 Å². The van der Waals surface area contributed by atoms with E-state index in [0.717, 1.165) is 12.3 Å². The fourth-order valence-electron chi connectivity index (χ4n) is 1.26. The first-order chi connectivity index (χ1) is 7.93. The van der Waals surface area contributed by atoms with Crippen LogP contribution >= 0.6 is 0 Å². The predicted octanol–water partition coefficient (Wildman–Crippen LogP) is 1.54. The highest BCUT2D eigenvalue weighted by Crippen LogP contribution is 2.13. The van der Waals surface area contributed by atoms with Crippen molar-refractivity contribution in [3.8, 4) is 0 Å². The highest BCUT2D eigenvalue weighted by Gasteiger charge is 2.21. The summed E-state index contributed by atoms with van der Waals surface area (Å²) in [7, 11) is 3.16. The number of Topliss-reactive ketones (excluding diaryl/α,β-unsaturated/α-hetero) is 1. The van der Waals surface area contributed by atoms with Gasteiger partial charge in [0.2, 0.25) is 5.78 Å². The lowest BCUT2D eigenvalue weighted by Gasteiger charge is -2.08. The molecule has 17 heavy (non-hydrogen) atoms. The third-order valence-electron chi connectivity index (χ3n) is 1.98. The van der Waals surface area contributed by atoms with Crippen molar-refractivity contribution in [1.29, 1.82) is 0 Å². The van der Waals surface area contributed by atoms with E-state index in [9.17, 15) is 14.0 Å². The number of ketones is 1. The summed E-state index contributed by atoms with van der Waals surface area (Å²) < 4.78 is 13.3. The van der Waals surface area contributed by atoms with Crippen molar-refractivity contribution in [2.24, 2.45) is 0 Å². The van der Waals surface area contributed by atoms with E-state index in [1.54, 1.807) is 14.1 Å². The van der Waals surface area contributed by atoms with Crippen LogP contribution in [0.1, 0.15) is 10.4 Å². The van der Waals surface area contributed by atoms with Gasteiger partial charge < -0.3 is 10.0 Å². The van der Waals surface area contributed by atoms with Crippen LogP contribution in [0.3, 0.4) is 0 Å². The highest BCUT2D eigenvalue weighted by atomic mass is 19.1. The van der Waals surface area contributed by atoms with Crippen LogP contribution < -0.4 is 0 Å². The summed E-state index contributed by atoms with van der Waals surface area (Å²) in [6, 6.07) is 5.28. The lowest BCUT2D eigenvalue weighted by Crippen LogP contribution is -2.17. The third kappa shape index (κ3) is 3.14. The summed E-state index contributed by atoms with van der Waals surface area (Å²) in [5.41, 5.74) is -0.719. The molecule has 4 nitrogen and oxygen atoms in total. The predicted molar refractivity (Wildman–Crippen MR) is 60.1 cm³/mol. The molecule has 0 aliphatic rings. The minimum absolute atomic E-state index is 0.247. The maximum atomic E-state index is 13.3. The molecule has 0 aromatic heterocycles. The van der Waals surface area contributed by atoms with E-state index in [2.05, 4.69) is 0 Å². The van der Waals surface area contributed by atoms with E-state index in [1.807, 2.05) is 0 Å². The summed E-state index contributed by atoms with van der Waals surface area (Å²) in [5.74, 6) is -2.96. The number of carboxylic acid groups (broad SMARTS) is 1. The van der Waals surface area contributed by atoms with Crippen molar-refractivity contribution in [2.75, 3.05) is 14.1 Å². The fourth-order valence-corrected chi connectivity index (χ4v) is 1.26. The molecule has 0 atom stereocenters. The minimum atomic E-state index is -1.38. The van der Waals surface area contributed by atoms with E-state index in [1.165, 1.54) is 23.1 Å². The molecule has 90 valence electrons. The van der Waals surface area contributed by atoms with Gasteiger partial charge >= 0.3 is 5.97 Å². The smallest absolute Gasteiger partial charge is 0.341 e. The first-order valence-corrected chi connectivity index (χ1v) is 4.84. The molecule has 0 spiro atoms. The van der Waals surface area contributed by atoms with Gasteiger partial charge in [0, 0.05) is 20.3 Å². The Hall–Kier alpha value is -2.17. The van der Waals surface area contributed by atoms with Crippen LogP contribution in [0.25, 0.3) is 0 Å². The molecule has 0 aliphatic carbocycles. The van der Waals surface area contributed by atoms with E-state index in [4.69, 9.17) is 5.11 Å². The van der Waals surface area contributed by atoms with Crippen molar-refractivity contribution in [3.05, 3.63) is 47.4 Å². The number of nitrogens with zero attached hydrogens (tertiary/aromatic N) is 1. The number of hydrogen-bond acceptors (Lipinski definition) is 3. The zero-order valence-electron chi connectivity index (χ0n) is 9.48. The third-order valence-corrected chi connectivity index (χ3v) is 1.98. The molecule has 0 saturated heterocycles. The van der Waals surface area contributed by atoms with Crippen molar-refractivity contribution >= 4 is 11.8 Å². The summed E-state index contributed by atoms with van der Waals surface area (Å²) in [5, 5.41) is 8.91. The van der Waals surface area contributed by atoms with Gasteiger partial charge in [0.05, 0.1) is 5.56 Å². The molecular formula is C12H12FNO3. The minimum Gasteiger partial charge on any atom is -0.477 e. The second-order valence-corrected chi connectivity index (χ2v) is 3.62. The van der Waals surface area contributed by atoms with Crippen LogP contribution in [0, 0.1) is 5.82 Å². The van der Waals surface area contributed by atoms with Gasteiger partial charge in [-0.05, 0) is 12.1 Å². The van der Waals surface area contributed by atoms with E-state index < -0.39 is 23.1 Å². The lowest BCUT2D eigenvalue weighted by atomic mass is 10.0. The monoisotopic (exact) mass is 237 g/mol. The average molecular weight is 237 g/mol. The molecule has 0 heterocycles. The second-order valence-electron chi connectivity index (χ2n) is 3.62. The standard InChI is InChI=1S/C12H12FNO3/c1-14(2)7-9(12(16)17)11(15)8-5-3-4-6-10(8)13/h3-7H,1-2H3,(H,16,17)/b9-7+. The Balaban J connectivity index is 3.19. The van der Waals surface area contributed by atoms with Gasteiger partial charge in [-0.3, -0.25) is 4.79 Å². The topological polar surface area (TPSA) is 57.6 Å². The van der Waals surface area contributed by atoms with Gasteiger partial charge in [-0.2, -0.15) is 0 Å². The van der Waals surface area contributed by atoms with Crippen molar-refractivity contribution in [1.82, 2.24) is 4.90 Å². The number of carbonyl (C=O) groups is 2. The molecule has 1 N–H and O–H groups in total. The molecule has 5 heteroatoms. The highest BCUT2D eigenvalue weighted by molar-refractivity contribution is 6.23. The van der Waals surface area contributed by atoms with Crippen LogP contribution in [0.4, 0.5) is 4.39 Å². The average Bonchev–Trinajstić information content (AvgIpc) is 2.25. The first kappa shape index (κ1) is 12.9. The Kier molecular flexibility index (Phi) is 3.98. The van der Waals surface area contributed by atoms with E-state index in [-0.39, 0.29) is 5.56 Å². The molecule has 0 fully saturated rings. The molecule has 1 aromatic rings. The van der Waals surface area contributed by atoms with Gasteiger partial charge in [-0.25, -0.2) is 9.18 Å². The molecule has 1 aromatic carbocycles. The zero-order chi connectivity index (χ0) is 13.0. The second kappa shape index (κ2) is 5.25. The molecule has 0 bridgehead atoms. The number of halogens is 1. The molecule has 1 rings (SSSR count). The SMILES string of the molecule is CN(C)/C=C(/C(=O)O)C(=O)c1ccccc1F. The summed E-state index contributed by atoms with van der Waals surface area (Å²) in [6.07, 6.45) is 1.15. The number of benzene rings is 1. The maximum Gasteiger partial charge on any atom is 0.341 e. The van der Waals surface area contributed by atoms with Crippen LogP contribution in [0.2, 0.25) is 0 Å². The van der Waals surface area contributed by atoms with Crippen molar-refractivity contribution in [2.45, 2.75) is 0 Å². The van der Waals surface area contributed by atoms with Gasteiger partial charge in [0.1, 0.15) is 11.4 Å². The van der Waals surface area contributed by atoms with Crippen LogP contribution in [-0.2, 0) is 4.79 Å². The fraction of sp³-hybridized carbons (Fsp3) is 0.167. The van der Waals surface area contributed by atoms with Gasteiger partial charge in [0.25, 0.3) is 0 Å². The van der Waals surface area contributed by atoms with Crippen molar-refractivity contribution in [3.63, 3.8) is 0 Å². The molecule has 0 amide bonds. The van der Waals surface area contributed by atoms with Crippen LogP contribution in [0.15, 0.2) is 36.0 Å². The number of carboxylic acids is 1. The number of carbonyl (C=O) groups excluding carboxylic acids is 1. The van der Waals surface area contributed by atoms with E-state index in [0.29, 0.717) is 0 Å². The Morgan fingerprint density at radius 3 is 2.35 bits per heavy atom. The summed E-state index contributed by atoms with van der Waals surface area (Å²) in [6.45, 7) is 0. The summed E-state index contributed by atoms with van der Waals surface area (Å²) in [4.78, 5) is 24.2. The van der Waals surface area contributed by atoms with Crippen LogP contribution in [0.5, 0.6) is 0 Å².